The van der Waals surface area contributed by atoms with Crippen LogP contribution in [0.5, 0.6) is 11.8 Å². The predicted octanol–water partition coefficient (Wildman–Crippen LogP) is 5.44. The lowest BCUT2D eigenvalue weighted by molar-refractivity contribution is -0.138. The average molecular weight is 502 g/mol. The number of piperidine rings is 1. The fourth-order valence-corrected chi connectivity index (χ4v) is 4.74. The van der Waals surface area contributed by atoms with Crippen LogP contribution in [0.15, 0.2) is 67.1 Å². The summed E-state index contributed by atoms with van der Waals surface area (Å²) in [5, 5.41) is 12.8. The first-order valence-corrected chi connectivity index (χ1v) is 12.4. The first-order valence-electron chi connectivity index (χ1n) is 12.4. The van der Waals surface area contributed by atoms with Gasteiger partial charge in [-0.3, -0.25) is 4.79 Å². The highest BCUT2D eigenvalue weighted by Gasteiger charge is 2.24. The van der Waals surface area contributed by atoms with Gasteiger partial charge in [-0.25, -0.2) is 14.4 Å². The number of hydrogen-bond acceptors (Lipinski definition) is 6. The lowest BCUT2D eigenvalue weighted by atomic mass is 9.97. The first kappa shape index (κ1) is 24.6. The van der Waals surface area contributed by atoms with Gasteiger partial charge in [-0.2, -0.15) is 4.98 Å². The third-order valence-corrected chi connectivity index (χ3v) is 6.69. The van der Waals surface area contributed by atoms with Crippen LogP contribution in [-0.4, -0.2) is 43.7 Å². The summed E-state index contributed by atoms with van der Waals surface area (Å²) in [6.07, 6.45) is 5.89. The molecule has 9 heteroatoms. The molecule has 4 aromatic rings. The van der Waals surface area contributed by atoms with Gasteiger partial charge in [-0.05, 0) is 80.4 Å². The molecule has 2 N–H and O–H groups in total. The first-order chi connectivity index (χ1) is 18.0. The zero-order valence-corrected chi connectivity index (χ0v) is 20.5. The number of hydrogen-bond donors (Lipinski definition) is 2. The fraction of sp³-hybridized carbons (Fsp3) is 0.286. The van der Waals surface area contributed by atoms with Gasteiger partial charge in [0.15, 0.2) is 0 Å². The third kappa shape index (κ3) is 5.36. The van der Waals surface area contributed by atoms with Crippen molar-refractivity contribution in [3.63, 3.8) is 0 Å². The van der Waals surface area contributed by atoms with Crippen molar-refractivity contribution in [3.8, 4) is 34.4 Å². The van der Waals surface area contributed by atoms with E-state index in [0.717, 1.165) is 37.2 Å². The molecule has 1 aliphatic rings. The topological polar surface area (TPSA) is 102 Å². The van der Waals surface area contributed by atoms with Gasteiger partial charge >= 0.3 is 12.0 Å². The van der Waals surface area contributed by atoms with Crippen LogP contribution in [0.2, 0.25) is 0 Å². The number of benzene rings is 2. The molecule has 8 nitrogen and oxygen atoms in total. The van der Waals surface area contributed by atoms with Crippen LogP contribution < -0.4 is 10.1 Å². The Morgan fingerprint density at radius 1 is 1.11 bits per heavy atom. The maximum Gasteiger partial charge on any atom is 0.322 e. The molecular weight excluding hydrogens is 473 g/mol. The maximum absolute atomic E-state index is 13.6. The summed E-state index contributed by atoms with van der Waals surface area (Å²) in [5.74, 6) is -1.21. The second-order valence-electron chi connectivity index (χ2n) is 9.03. The predicted molar refractivity (Wildman–Crippen MR) is 137 cm³/mol. The molecule has 5 rings (SSSR count). The molecule has 0 radical (unpaired) electrons. The minimum Gasteiger partial charge on any atom is -0.481 e. The van der Waals surface area contributed by atoms with E-state index in [1.54, 1.807) is 42.6 Å². The summed E-state index contributed by atoms with van der Waals surface area (Å²) in [5.41, 5.74) is 3.70. The van der Waals surface area contributed by atoms with Crippen molar-refractivity contribution in [2.75, 3.05) is 13.1 Å². The smallest absolute Gasteiger partial charge is 0.322 e. The minimum atomic E-state index is -0.852. The largest absolute Gasteiger partial charge is 0.481 e. The molecule has 0 spiro atoms. The fourth-order valence-electron chi connectivity index (χ4n) is 4.74. The van der Waals surface area contributed by atoms with Gasteiger partial charge in [0.2, 0.25) is 0 Å². The summed E-state index contributed by atoms with van der Waals surface area (Å²) < 4.78 is 21.7. The Kier molecular flexibility index (Phi) is 7.23. The van der Waals surface area contributed by atoms with Crippen molar-refractivity contribution in [1.29, 1.82) is 0 Å². The second kappa shape index (κ2) is 10.9. The number of carboxylic acid groups (broad SMARTS) is 1. The van der Waals surface area contributed by atoms with Crippen LogP contribution in [0.1, 0.15) is 43.7 Å². The molecule has 2 aromatic carbocycles. The van der Waals surface area contributed by atoms with Gasteiger partial charge in [0.1, 0.15) is 11.6 Å². The summed E-state index contributed by atoms with van der Waals surface area (Å²) in [7, 11) is 0. The van der Waals surface area contributed by atoms with Gasteiger partial charge in [-0.1, -0.05) is 19.1 Å². The monoisotopic (exact) mass is 501 g/mol. The molecule has 37 heavy (non-hydrogen) atoms. The number of halogens is 1. The van der Waals surface area contributed by atoms with Gasteiger partial charge in [0.05, 0.1) is 29.3 Å². The number of nitrogens with zero attached hydrogens (tertiary/aromatic N) is 4. The van der Waals surface area contributed by atoms with Gasteiger partial charge < -0.3 is 19.7 Å². The van der Waals surface area contributed by atoms with Crippen molar-refractivity contribution in [3.05, 3.63) is 78.5 Å². The van der Waals surface area contributed by atoms with Crippen LogP contribution >= 0.6 is 0 Å². The van der Waals surface area contributed by atoms with E-state index in [0.29, 0.717) is 29.1 Å². The van der Waals surface area contributed by atoms with Crippen molar-refractivity contribution in [2.24, 2.45) is 0 Å². The molecule has 1 fully saturated rings. The number of rotatable bonds is 8. The molecule has 1 unspecified atom stereocenters. The molecule has 1 saturated heterocycles. The molecule has 2 aromatic heterocycles. The lowest BCUT2D eigenvalue weighted by Gasteiger charge is -2.25. The highest BCUT2D eigenvalue weighted by molar-refractivity contribution is 5.77. The van der Waals surface area contributed by atoms with E-state index in [1.807, 2.05) is 19.3 Å². The van der Waals surface area contributed by atoms with E-state index in [1.165, 1.54) is 12.1 Å². The van der Waals surface area contributed by atoms with E-state index in [-0.39, 0.29) is 17.9 Å². The molecule has 0 bridgehead atoms. The number of aromatic nitrogens is 4. The summed E-state index contributed by atoms with van der Waals surface area (Å²) in [6, 6.07) is 15.5. The summed E-state index contributed by atoms with van der Waals surface area (Å²) in [4.78, 5) is 25.1. The van der Waals surface area contributed by atoms with E-state index in [9.17, 15) is 14.3 Å². The minimum absolute atomic E-state index is 0.165. The number of carbonyl (C=O) groups is 1. The zero-order chi connectivity index (χ0) is 25.8. The third-order valence-electron chi connectivity index (χ3n) is 6.69. The summed E-state index contributed by atoms with van der Waals surface area (Å²) in [6.45, 7) is 3.68. The van der Waals surface area contributed by atoms with Crippen molar-refractivity contribution >= 4 is 5.97 Å². The van der Waals surface area contributed by atoms with Crippen LogP contribution in [-0.2, 0) is 4.79 Å². The molecule has 0 saturated carbocycles. The van der Waals surface area contributed by atoms with E-state index < -0.39 is 11.9 Å². The Balaban J connectivity index is 1.48. The molecule has 1 atom stereocenters. The Labute approximate surface area is 214 Å². The highest BCUT2D eigenvalue weighted by Crippen LogP contribution is 2.35. The van der Waals surface area contributed by atoms with Gasteiger partial charge in [0, 0.05) is 17.8 Å². The average Bonchev–Trinajstić information content (AvgIpc) is 3.36. The summed E-state index contributed by atoms with van der Waals surface area (Å²) >= 11 is 0. The van der Waals surface area contributed by atoms with Crippen LogP contribution in [0.25, 0.3) is 22.6 Å². The van der Waals surface area contributed by atoms with Crippen molar-refractivity contribution < 1.29 is 19.0 Å². The quantitative estimate of drug-likeness (QED) is 0.331. The van der Waals surface area contributed by atoms with Crippen LogP contribution in [0, 0.1) is 5.82 Å². The molecular formula is C28H28FN5O3. The Morgan fingerprint density at radius 2 is 1.84 bits per heavy atom. The molecule has 0 amide bonds. The normalized spacial score (nSPS) is 14.9. The number of carboxylic acids is 1. The van der Waals surface area contributed by atoms with Crippen molar-refractivity contribution in [1.82, 2.24) is 24.8 Å². The van der Waals surface area contributed by atoms with E-state index >= 15 is 0 Å². The number of nitrogens with one attached hydrogen (secondary N) is 1. The molecule has 190 valence electrons. The number of aliphatic carboxylic acids is 1. The maximum atomic E-state index is 13.6. The van der Waals surface area contributed by atoms with Crippen molar-refractivity contribution in [2.45, 2.75) is 38.1 Å². The SMILES string of the molecule is CCC(C(=O)O)c1ccc(Oc2nccc(-c3c(-c4ccc(F)cc4)ncn3C3CCNCC3)n2)cc1. The van der Waals surface area contributed by atoms with Crippen LogP contribution in [0.4, 0.5) is 4.39 Å². The van der Waals surface area contributed by atoms with E-state index in [4.69, 9.17) is 14.7 Å². The lowest BCUT2D eigenvalue weighted by Crippen LogP contribution is -2.29. The Hall–Kier alpha value is -4.11. The van der Waals surface area contributed by atoms with Gasteiger partial charge in [-0.15, -0.1) is 0 Å². The highest BCUT2D eigenvalue weighted by atomic mass is 19.1. The van der Waals surface area contributed by atoms with Gasteiger partial charge in [0.25, 0.3) is 0 Å². The zero-order valence-electron chi connectivity index (χ0n) is 20.5. The van der Waals surface area contributed by atoms with E-state index in [2.05, 4.69) is 14.9 Å². The van der Waals surface area contributed by atoms with Crippen LogP contribution in [0.3, 0.4) is 0 Å². The molecule has 3 heterocycles. The second-order valence-corrected chi connectivity index (χ2v) is 9.03. The number of imidazole rings is 1. The Morgan fingerprint density at radius 3 is 2.51 bits per heavy atom. The molecule has 0 aliphatic carbocycles. The molecule has 1 aliphatic heterocycles. The Bertz CT molecular complexity index is 1370. The standard InChI is InChI=1S/C28H28FN5O3/c1-2-23(27(35)36)18-5-9-22(10-6-18)37-28-31-16-13-24(33-28)26-25(19-3-7-20(29)8-4-19)32-17-34(26)21-11-14-30-15-12-21/h3-10,13,16-17,21,23,30H,2,11-12,14-15H2,1H3,(H,35,36). The number of ether oxygens (including phenoxy) is 1.